The molecule has 0 bridgehead atoms. The number of aryl methyl sites for hydroxylation is 3. The number of aromatic nitrogens is 3. The van der Waals surface area contributed by atoms with E-state index in [9.17, 15) is 0 Å². The molecule has 3 rings (SSSR count). The molecule has 1 aliphatic rings. The van der Waals surface area contributed by atoms with Crippen LogP contribution in [0.2, 0.25) is 0 Å². The lowest BCUT2D eigenvalue weighted by Gasteiger charge is -2.13. The lowest BCUT2D eigenvalue weighted by atomic mass is 10.00. The molecule has 0 spiro atoms. The van der Waals surface area contributed by atoms with Gasteiger partial charge in [-0.05, 0) is 50.3 Å². The Morgan fingerprint density at radius 2 is 1.84 bits per heavy atom. The third kappa shape index (κ3) is 2.23. The third-order valence-electron chi connectivity index (χ3n) is 3.91. The Kier molecular flexibility index (Phi) is 2.81. The van der Waals surface area contributed by atoms with Crippen molar-refractivity contribution < 1.29 is 0 Å². The summed E-state index contributed by atoms with van der Waals surface area (Å²) in [5.74, 6) is 1.17. The van der Waals surface area contributed by atoms with Gasteiger partial charge in [-0.3, -0.25) is 0 Å². The van der Waals surface area contributed by atoms with Crippen LogP contribution in [0.1, 0.15) is 46.7 Å². The van der Waals surface area contributed by atoms with Gasteiger partial charge in [0.25, 0.3) is 0 Å². The molecule has 1 saturated carbocycles. The molecule has 0 saturated heterocycles. The Balaban J connectivity index is 1.98. The lowest BCUT2D eigenvalue weighted by Crippen LogP contribution is -2.09. The minimum absolute atomic E-state index is 0.570. The van der Waals surface area contributed by atoms with Crippen molar-refractivity contribution in [3.05, 3.63) is 40.1 Å². The Morgan fingerprint density at radius 1 is 1.21 bits per heavy atom. The summed E-state index contributed by atoms with van der Waals surface area (Å²) in [5, 5.41) is 8.26. The molecule has 0 amide bonds. The number of hydrogen-bond acceptors (Lipinski definition) is 3. The van der Waals surface area contributed by atoms with Crippen LogP contribution in [0.3, 0.4) is 0 Å². The lowest BCUT2D eigenvalue weighted by molar-refractivity contribution is 0.615. The van der Waals surface area contributed by atoms with E-state index in [1.54, 1.807) is 0 Å². The number of benzene rings is 1. The molecule has 1 aromatic carbocycles. The van der Waals surface area contributed by atoms with Crippen LogP contribution in [0.15, 0.2) is 12.1 Å². The van der Waals surface area contributed by atoms with Crippen LogP contribution < -0.4 is 5.73 Å². The molecule has 2 N–H and O–H groups in total. The van der Waals surface area contributed by atoms with Gasteiger partial charge in [-0.2, -0.15) is 0 Å². The van der Waals surface area contributed by atoms with Gasteiger partial charge in [0.05, 0.1) is 12.2 Å². The molecule has 0 unspecified atom stereocenters. The van der Waals surface area contributed by atoms with Gasteiger partial charge >= 0.3 is 0 Å². The van der Waals surface area contributed by atoms with Crippen LogP contribution in [-0.4, -0.2) is 15.0 Å². The van der Waals surface area contributed by atoms with Crippen molar-refractivity contribution in [3.63, 3.8) is 0 Å². The summed E-state index contributed by atoms with van der Waals surface area (Å²) in [5.41, 5.74) is 12.3. The zero-order valence-corrected chi connectivity index (χ0v) is 11.8. The summed E-state index contributed by atoms with van der Waals surface area (Å²) in [6.07, 6.45) is 2.42. The molecule has 1 fully saturated rings. The topological polar surface area (TPSA) is 56.7 Å². The van der Waals surface area contributed by atoms with E-state index in [1.807, 2.05) is 4.68 Å². The van der Waals surface area contributed by atoms with Gasteiger partial charge in [-0.15, -0.1) is 5.10 Å². The van der Waals surface area contributed by atoms with Gasteiger partial charge in [0, 0.05) is 5.92 Å². The maximum Gasteiger partial charge on any atom is 0.169 e. The van der Waals surface area contributed by atoms with E-state index in [2.05, 4.69) is 43.2 Å². The van der Waals surface area contributed by atoms with E-state index >= 15 is 0 Å². The monoisotopic (exact) mass is 256 g/mol. The highest BCUT2D eigenvalue weighted by Crippen LogP contribution is 2.42. The molecule has 0 radical (unpaired) electrons. The van der Waals surface area contributed by atoms with Crippen molar-refractivity contribution in [3.8, 4) is 0 Å². The van der Waals surface area contributed by atoms with E-state index in [4.69, 9.17) is 5.73 Å². The van der Waals surface area contributed by atoms with Crippen molar-refractivity contribution in [1.82, 2.24) is 15.0 Å². The highest BCUT2D eigenvalue weighted by Gasteiger charge is 2.30. The molecule has 0 atom stereocenters. The molecule has 1 aliphatic carbocycles. The minimum Gasteiger partial charge on any atom is -0.381 e. The van der Waals surface area contributed by atoms with Crippen LogP contribution in [-0.2, 0) is 6.54 Å². The van der Waals surface area contributed by atoms with Gasteiger partial charge in [0.1, 0.15) is 0 Å². The fourth-order valence-corrected chi connectivity index (χ4v) is 2.84. The Bertz CT molecular complexity index is 600. The van der Waals surface area contributed by atoms with E-state index in [-0.39, 0.29) is 0 Å². The minimum atomic E-state index is 0.570. The number of nitrogens with two attached hydrogens (primary N) is 1. The SMILES string of the molecule is Cc1cc(C)c(Cn2nnc(N)c2C2CC2)c(C)c1. The summed E-state index contributed by atoms with van der Waals surface area (Å²) in [7, 11) is 0. The molecule has 4 heteroatoms. The molecule has 2 aromatic rings. The number of rotatable bonds is 3. The summed E-state index contributed by atoms with van der Waals surface area (Å²) < 4.78 is 1.98. The van der Waals surface area contributed by atoms with Crippen LogP contribution >= 0.6 is 0 Å². The highest BCUT2D eigenvalue weighted by atomic mass is 15.4. The van der Waals surface area contributed by atoms with Crippen molar-refractivity contribution in [2.75, 3.05) is 5.73 Å². The first-order valence-corrected chi connectivity index (χ1v) is 6.82. The first-order valence-electron chi connectivity index (χ1n) is 6.82. The fraction of sp³-hybridized carbons (Fsp3) is 0.467. The summed E-state index contributed by atoms with van der Waals surface area (Å²) >= 11 is 0. The normalized spacial score (nSPS) is 14.9. The number of anilines is 1. The zero-order valence-electron chi connectivity index (χ0n) is 11.8. The van der Waals surface area contributed by atoms with Crippen LogP contribution in [0, 0.1) is 20.8 Å². The standard InChI is InChI=1S/C15H20N4/c1-9-6-10(2)13(11(3)7-9)8-19-14(12-4-5-12)15(16)17-18-19/h6-7,12H,4-5,8,16H2,1-3H3. The van der Waals surface area contributed by atoms with E-state index in [0.717, 1.165) is 12.2 Å². The predicted molar refractivity (Wildman–Crippen MR) is 76.2 cm³/mol. The van der Waals surface area contributed by atoms with Gasteiger partial charge in [-0.25, -0.2) is 4.68 Å². The van der Waals surface area contributed by atoms with Gasteiger partial charge < -0.3 is 5.73 Å². The van der Waals surface area contributed by atoms with Crippen LogP contribution in [0.5, 0.6) is 0 Å². The smallest absolute Gasteiger partial charge is 0.169 e. The second-order valence-corrected chi connectivity index (χ2v) is 5.67. The first kappa shape index (κ1) is 12.2. The number of hydrogen-bond donors (Lipinski definition) is 1. The first-order chi connectivity index (χ1) is 9.06. The Morgan fingerprint density at radius 3 is 2.42 bits per heavy atom. The molecule has 1 aromatic heterocycles. The predicted octanol–water partition coefficient (Wildman–Crippen LogP) is 2.71. The van der Waals surface area contributed by atoms with E-state index in [1.165, 1.54) is 35.1 Å². The summed E-state index contributed by atoms with van der Waals surface area (Å²) in [6, 6.07) is 4.44. The molecular formula is C15H20N4. The molecule has 100 valence electrons. The maximum absolute atomic E-state index is 5.94. The van der Waals surface area contributed by atoms with Gasteiger partial charge in [0.15, 0.2) is 5.82 Å². The largest absolute Gasteiger partial charge is 0.381 e. The maximum atomic E-state index is 5.94. The van der Waals surface area contributed by atoms with Crippen molar-refractivity contribution in [1.29, 1.82) is 0 Å². The quantitative estimate of drug-likeness (QED) is 0.918. The molecule has 1 heterocycles. The summed E-state index contributed by atoms with van der Waals surface area (Å²) in [6.45, 7) is 7.22. The average molecular weight is 256 g/mol. The van der Waals surface area contributed by atoms with Crippen LogP contribution in [0.25, 0.3) is 0 Å². The van der Waals surface area contributed by atoms with Crippen molar-refractivity contribution in [2.45, 2.75) is 46.1 Å². The van der Waals surface area contributed by atoms with E-state index < -0.39 is 0 Å². The second-order valence-electron chi connectivity index (χ2n) is 5.67. The van der Waals surface area contributed by atoms with Crippen molar-refractivity contribution in [2.24, 2.45) is 0 Å². The van der Waals surface area contributed by atoms with Crippen molar-refractivity contribution >= 4 is 5.82 Å². The zero-order chi connectivity index (χ0) is 13.6. The number of nitrogens with zero attached hydrogens (tertiary/aromatic N) is 3. The molecule has 4 nitrogen and oxygen atoms in total. The Labute approximate surface area is 113 Å². The Hall–Kier alpha value is -1.84. The fourth-order valence-electron chi connectivity index (χ4n) is 2.84. The van der Waals surface area contributed by atoms with Gasteiger partial charge in [-0.1, -0.05) is 22.9 Å². The average Bonchev–Trinajstić information content (AvgIpc) is 3.09. The molecular weight excluding hydrogens is 236 g/mol. The summed E-state index contributed by atoms with van der Waals surface area (Å²) in [4.78, 5) is 0. The highest BCUT2D eigenvalue weighted by molar-refractivity contribution is 5.41. The molecule has 0 aliphatic heterocycles. The number of nitrogen functional groups attached to an aromatic ring is 1. The van der Waals surface area contributed by atoms with Crippen LogP contribution in [0.4, 0.5) is 5.82 Å². The van der Waals surface area contributed by atoms with E-state index in [0.29, 0.717) is 11.7 Å². The third-order valence-corrected chi connectivity index (χ3v) is 3.91. The second kappa shape index (κ2) is 4.37. The molecule has 19 heavy (non-hydrogen) atoms. The van der Waals surface area contributed by atoms with Gasteiger partial charge in [0.2, 0.25) is 0 Å².